The first kappa shape index (κ1) is 6.95. The third-order valence-electron chi connectivity index (χ3n) is 3.02. The van der Waals surface area contributed by atoms with Crippen molar-refractivity contribution in [3.63, 3.8) is 0 Å². The van der Waals surface area contributed by atoms with Crippen LogP contribution in [0.2, 0.25) is 0 Å². The molecular weight excluding hydrogens is 138 g/mol. The normalized spacial score (nSPS) is 40.9. The molecule has 0 amide bonds. The second-order valence-corrected chi connectivity index (χ2v) is 3.80. The van der Waals surface area contributed by atoms with Crippen LogP contribution in [0.25, 0.3) is 0 Å². The number of fused-ring (bicyclic) bond motifs is 2. The molecule has 0 aromatic carbocycles. The van der Waals surface area contributed by atoms with Crippen LogP contribution in [0.1, 0.15) is 25.7 Å². The summed E-state index contributed by atoms with van der Waals surface area (Å²) in [5.41, 5.74) is 10.7. The van der Waals surface area contributed by atoms with Crippen LogP contribution in [0, 0.1) is 11.8 Å². The Balaban J connectivity index is 2.03. The summed E-state index contributed by atoms with van der Waals surface area (Å²) in [7, 11) is 0. The van der Waals surface area contributed by atoms with Crippen LogP contribution in [0.5, 0.6) is 0 Å². The van der Waals surface area contributed by atoms with Crippen molar-refractivity contribution in [1.82, 2.24) is 0 Å². The largest absolute Gasteiger partial charge is 0.370 e. The summed E-state index contributed by atoms with van der Waals surface area (Å²) in [6.45, 7) is 0. The quantitative estimate of drug-likeness (QED) is 0.424. The summed E-state index contributed by atoms with van der Waals surface area (Å²) in [6.07, 6.45) is 5.33. The summed E-state index contributed by atoms with van der Waals surface area (Å²) in [4.78, 5) is 4.23. The van der Waals surface area contributed by atoms with Crippen molar-refractivity contribution in [3.8, 4) is 0 Å². The van der Waals surface area contributed by atoms with Gasteiger partial charge in [-0.2, -0.15) is 0 Å². The fourth-order valence-electron chi connectivity index (χ4n) is 2.56. The molecule has 2 fully saturated rings. The van der Waals surface area contributed by atoms with Gasteiger partial charge in [0.05, 0.1) is 6.04 Å². The van der Waals surface area contributed by atoms with Gasteiger partial charge < -0.3 is 11.5 Å². The zero-order chi connectivity index (χ0) is 7.84. The summed E-state index contributed by atoms with van der Waals surface area (Å²) >= 11 is 0. The molecule has 2 bridgehead atoms. The molecule has 2 saturated carbocycles. The number of rotatable bonds is 1. The van der Waals surface area contributed by atoms with E-state index < -0.39 is 0 Å². The lowest BCUT2D eigenvalue weighted by Crippen LogP contribution is -2.27. The summed E-state index contributed by atoms with van der Waals surface area (Å²) in [5, 5.41) is 0. The maximum Gasteiger partial charge on any atom is 0.186 e. The molecule has 2 aliphatic rings. The maximum absolute atomic E-state index is 5.33. The minimum Gasteiger partial charge on any atom is -0.370 e. The van der Waals surface area contributed by atoms with E-state index in [4.69, 9.17) is 11.5 Å². The van der Waals surface area contributed by atoms with E-state index in [1.165, 1.54) is 25.7 Å². The molecule has 3 heteroatoms. The Hall–Kier alpha value is -0.730. The molecule has 4 N–H and O–H groups in total. The molecule has 2 aliphatic carbocycles. The van der Waals surface area contributed by atoms with Crippen molar-refractivity contribution in [3.05, 3.63) is 0 Å². The highest BCUT2D eigenvalue weighted by Crippen LogP contribution is 2.45. The van der Waals surface area contributed by atoms with E-state index in [1.54, 1.807) is 0 Å². The van der Waals surface area contributed by atoms with Gasteiger partial charge in [0.15, 0.2) is 5.96 Å². The third kappa shape index (κ3) is 1.19. The summed E-state index contributed by atoms with van der Waals surface area (Å²) < 4.78 is 0. The molecular formula is C8H15N3. The predicted octanol–water partition coefficient (Wildman–Crippen LogP) is 0.448. The van der Waals surface area contributed by atoms with Crippen molar-refractivity contribution in [2.45, 2.75) is 31.7 Å². The van der Waals surface area contributed by atoms with E-state index in [9.17, 15) is 0 Å². The fourth-order valence-corrected chi connectivity index (χ4v) is 2.56. The summed E-state index contributed by atoms with van der Waals surface area (Å²) in [5.74, 6) is 1.98. The Morgan fingerprint density at radius 3 is 2.45 bits per heavy atom. The molecule has 3 nitrogen and oxygen atoms in total. The van der Waals surface area contributed by atoms with Crippen LogP contribution < -0.4 is 11.5 Å². The first-order valence-corrected chi connectivity index (χ1v) is 4.34. The van der Waals surface area contributed by atoms with Crippen molar-refractivity contribution >= 4 is 5.96 Å². The SMILES string of the molecule is NC(N)=NC1CC2CCC1C2. The monoisotopic (exact) mass is 153 g/mol. The standard InChI is InChI=1S/C8H15N3/c9-8(10)11-7-4-5-1-2-6(7)3-5/h5-7H,1-4H2,(H4,9,10,11). The number of aliphatic imine (C=N–C) groups is 1. The smallest absolute Gasteiger partial charge is 0.186 e. The first-order valence-electron chi connectivity index (χ1n) is 4.34. The van der Waals surface area contributed by atoms with Gasteiger partial charge in [0.2, 0.25) is 0 Å². The van der Waals surface area contributed by atoms with Crippen molar-refractivity contribution in [2.24, 2.45) is 28.3 Å². The van der Waals surface area contributed by atoms with Gasteiger partial charge in [0.25, 0.3) is 0 Å². The van der Waals surface area contributed by atoms with Gasteiger partial charge in [0, 0.05) is 0 Å². The number of hydrogen-bond acceptors (Lipinski definition) is 1. The highest BCUT2D eigenvalue weighted by atomic mass is 15.0. The van der Waals surface area contributed by atoms with Gasteiger partial charge in [-0.05, 0) is 31.1 Å². The maximum atomic E-state index is 5.33. The van der Waals surface area contributed by atoms with E-state index in [-0.39, 0.29) is 5.96 Å². The zero-order valence-electron chi connectivity index (χ0n) is 6.66. The van der Waals surface area contributed by atoms with Crippen molar-refractivity contribution < 1.29 is 0 Å². The van der Waals surface area contributed by atoms with Crippen LogP contribution in [-0.2, 0) is 0 Å². The molecule has 0 radical (unpaired) electrons. The number of nitrogens with zero attached hydrogens (tertiary/aromatic N) is 1. The van der Waals surface area contributed by atoms with Crippen LogP contribution in [0.3, 0.4) is 0 Å². The second kappa shape index (κ2) is 2.40. The molecule has 3 atom stereocenters. The molecule has 0 heterocycles. The fraction of sp³-hybridized carbons (Fsp3) is 0.875. The van der Waals surface area contributed by atoms with Crippen LogP contribution in [0.4, 0.5) is 0 Å². The molecule has 0 aliphatic heterocycles. The van der Waals surface area contributed by atoms with Gasteiger partial charge in [-0.15, -0.1) is 0 Å². The Labute approximate surface area is 66.9 Å². The van der Waals surface area contributed by atoms with Crippen molar-refractivity contribution in [1.29, 1.82) is 0 Å². The molecule has 0 spiro atoms. The highest BCUT2D eigenvalue weighted by molar-refractivity contribution is 5.75. The number of hydrogen-bond donors (Lipinski definition) is 2. The van der Waals surface area contributed by atoms with E-state index in [1.807, 2.05) is 0 Å². The van der Waals surface area contributed by atoms with Gasteiger partial charge in [-0.3, -0.25) is 4.99 Å². The molecule has 2 rings (SSSR count). The van der Waals surface area contributed by atoms with E-state index in [2.05, 4.69) is 4.99 Å². The Morgan fingerprint density at radius 2 is 2.00 bits per heavy atom. The average Bonchev–Trinajstić information content (AvgIpc) is 2.45. The van der Waals surface area contributed by atoms with Crippen LogP contribution in [0.15, 0.2) is 4.99 Å². The van der Waals surface area contributed by atoms with Crippen molar-refractivity contribution in [2.75, 3.05) is 0 Å². The average molecular weight is 153 g/mol. The molecule has 0 saturated heterocycles. The van der Waals surface area contributed by atoms with Gasteiger partial charge in [-0.25, -0.2) is 0 Å². The highest BCUT2D eigenvalue weighted by Gasteiger charge is 2.39. The van der Waals surface area contributed by atoms with Gasteiger partial charge in [0.1, 0.15) is 0 Å². The van der Waals surface area contributed by atoms with Crippen LogP contribution >= 0.6 is 0 Å². The molecule has 0 aromatic rings. The molecule has 3 unspecified atom stereocenters. The lowest BCUT2D eigenvalue weighted by Gasteiger charge is -2.17. The predicted molar refractivity (Wildman–Crippen MR) is 45.0 cm³/mol. The Morgan fingerprint density at radius 1 is 1.18 bits per heavy atom. The Kier molecular flexibility index (Phi) is 1.51. The molecule has 11 heavy (non-hydrogen) atoms. The topological polar surface area (TPSA) is 64.4 Å². The first-order chi connectivity index (χ1) is 5.25. The van der Waals surface area contributed by atoms with Crippen LogP contribution in [-0.4, -0.2) is 12.0 Å². The third-order valence-corrected chi connectivity index (χ3v) is 3.02. The lowest BCUT2D eigenvalue weighted by molar-refractivity contribution is 0.420. The van der Waals surface area contributed by atoms with Gasteiger partial charge >= 0.3 is 0 Å². The molecule has 62 valence electrons. The Bertz CT molecular complexity index is 184. The lowest BCUT2D eigenvalue weighted by atomic mass is 9.96. The number of nitrogens with two attached hydrogens (primary N) is 2. The molecule has 0 aromatic heterocycles. The summed E-state index contributed by atoms with van der Waals surface area (Å²) in [6, 6.07) is 0.457. The number of guanidine groups is 1. The van der Waals surface area contributed by atoms with E-state index >= 15 is 0 Å². The van der Waals surface area contributed by atoms with E-state index in [0.29, 0.717) is 6.04 Å². The minimum absolute atomic E-state index is 0.266. The minimum atomic E-state index is 0.266. The van der Waals surface area contributed by atoms with E-state index in [0.717, 1.165) is 11.8 Å². The zero-order valence-corrected chi connectivity index (χ0v) is 6.66. The second-order valence-electron chi connectivity index (χ2n) is 3.80. The van der Waals surface area contributed by atoms with Gasteiger partial charge in [-0.1, -0.05) is 6.42 Å².